The van der Waals surface area contributed by atoms with Gasteiger partial charge in [-0.05, 0) is 44.9 Å². The van der Waals surface area contributed by atoms with Crippen LogP contribution in [0.15, 0.2) is 26.2 Å². The van der Waals surface area contributed by atoms with Crippen molar-refractivity contribution in [1.29, 1.82) is 0 Å². The maximum atomic E-state index is 5.86. The summed E-state index contributed by atoms with van der Waals surface area (Å²) < 4.78 is 9.54. The fraction of sp³-hybridized carbons (Fsp3) is 0.500. The summed E-state index contributed by atoms with van der Waals surface area (Å²) in [6.07, 6.45) is 0.984. The van der Waals surface area contributed by atoms with Crippen molar-refractivity contribution >= 4 is 43.6 Å². The van der Waals surface area contributed by atoms with Crippen LogP contribution in [-0.4, -0.2) is 39.1 Å². The highest BCUT2D eigenvalue weighted by Crippen LogP contribution is 2.33. The first-order valence-electron chi connectivity index (χ1n) is 7.28. The highest BCUT2D eigenvalue weighted by molar-refractivity contribution is 9.11. The van der Waals surface area contributed by atoms with E-state index in [0.717, 1.165) is 50.7 Å². The fourth-order valence-electron chi connectivity index (χ4n) is 1.89. The Balaban J connectivity index is 1.85. The molecule has 0 aliphatic carbocycles. The van der Waals surface area contributed by atoms with E-state index in [1.54, 1.807) is 16.4 Å². The fourth-order valence-corrected chi connectivity index (χ4v) is 4.07. The molecular formula is C14H19Br2N5OS. The zero-order valence-corrected chi connectivity index (χ0v) is 17.0. The third-order valence-electron chi connectivity index (χ3n) is 2.94. The van der Waals surface area contributed by atoms with Crippen molar-refractivity contribution < 1.29 is 4.74 Å². The number of aryl methyl sites for hydroxylation is 1. The summed E-state index contributed by atoms with van der Waals surface area (Å²) in [6.45, 7) is 4.41. The number of ether oxygens (including phenoxy) is 1. The van der Waals surface area contributed by atoms with Crippen LogP contribution in [0.5, 0.6) is 5.75 Å². The number of nitrogens with zero attached hydrogens (tertiary/aromatic N) is 4. The minimum Gasteiger partial charge on any atom is -0.492 e. The van der Waals surface area contributed by atoms with Gasteiger partial charge < -0.3 is 10.1 Å². The SMILES string of the molecule is CCCOc1c(Br)cc(Br)cc1CNCCSc1nnnn1C. The highest BCUT2D eigenvalue weighted by atomic mass is 79.9. The van der Waals surface area contributed by atoms with Gasteiger partial charge in [-0.3, -0.25) is 0 Å². The van der Waals surface area contributed by atoms with Gasteiger partial charge in [-0.1, -0.05) is 34.6 Å². The van der Waals surface area contributed by atoms with Gasteiger partial charge in [0, 0.05) is 35.9 Å². The molecule has 1 aromatic carbocycles. The molecule has 0 spiro atoms. The summed E-state index contributed by atoms with van der Waals surface area (Å²) in [6, 6.07) is 4.09. The van der Waals surface area contributed by atoms with Crippen molar-refractivity contribution in [2.75, 3.05) is 18.9 Å². The number of aromatic nitrogens is 4. The van der Waals surface area contributed by atoms with Crippen LogP contribution >= 0.6 is 43.6 Å². The van der Waals surface area contributed by atoms with E-state index in [9.17, 15) is 0 Å². The number of thioether (sulfide) groups is 1. The molecule has 0 amide bonds. The van der Waals surface area contributed by atoms with Gasteiger partial charge >= 0.3 is 0 Å². The van der Waals surface area contributed by atoms with E-state index in [-0.39, 0.29) is 0 Å². The monoisotopic (exact) mass is 463 g/mol. The van der Waals surface area contributed by atoms with Gasteiger partial charge in [0.15, 0.2) is 0 Å². The van der Waals surface area contributed by atoms with Gasteiger partial charge in [0.25, 0.3) is 0 Å². The quantitative estimate of drug-likeness (QED) is 0.453. The van der Waals surface area contributed by atoms with Crippen LogP contribution in [0.4, 0.5) is 0 Å². The maximum Gasteiger partial charge on any atom is 0.209 e. The summed E-state index contributed by atoms with van der Waals surface area (Å²) in [5.41, 5.74) is 1.13. The van der Waals surface area contributed by atoms with E-state index < -0.39 is 0 Å². The molecular weight excluding hydrogens is 446 g/mol. The zero-order chi connectivity index (χ0) is 16.7. The minimum absolute atomic E-state index is 0.711. The molecule has 0 unspecified atom stereocenters. The van der Waals surface area contributed by atoms with E-state index in [1.807, 2.05) is 13.1 Å². The Morgan fingerprint density at radius 2 is 2.17 bits per heavy atom. The topological polar surface area (TPSA) is 64.9 Å². The van der Waals surface area contributed by atoms with Gasteiger partial charge in [0.2, 0.25) is 5.16 Å². The lowest BCUT2D eigenvalue weighted by Crippen LogP contribution is -2.17. The third kappa shape index (κ3) is 5.74. The predicted octanol–water partition coefficient (Wildman–Crippen LogP) is 3.41. The molecule has 2 aromatic rings. The first-order valence-corrected chi connectivity index (χ1v) is 9.85. The summed E-state index contributed by atoms with van der Waals surface area (Å²) in [5.74, 6) is 1.81. The second-order valence-corrected chi connectivity index (χ2v) is 7.67. The lowest BCUT2D eigenvalue weighted by atomic mass is 10.2. The second-order valence-electron chi connectivity index (χ2n) is 4.83. The van der Waals surface area contributed by atoms with Crippen molar-refractivity contribution in [2.45, 2.75) is 25.0 Å². The molecule has 0 atom stereocenters. The molecule has 126 valence electrons. The number of benzene rings is 1. The van der Waals surface area contributed by atoms with Gasteiger partial charge in [-0.25, -0.2) is 4.68 Å². The normalized spacial score (nSPS) is 11.0. The van der Waals surface area contributed by atoms with Gasteiger partial charge in [-0.2, -0.15) is 0 Å². The Labute approximate surface area is 157 Å². The highest BCUT2D eigenvalue weighted by Gasteiger charge is 2.10. The van der Waals surface area contributed by atoms with E-state index in [0.29, 0.717) is 6.61 Å². The maximum absolute atomic E-state index is 5.86. The van der Waals surface area contributed by atoms with Crippen LogP contribution in [-0.2, 0) is 13.6 Å². The van der Waals surface area contributed by atoms with Crippen molar-refractivity contribution in [3.63, 3.8) is 0 Å². The number of rotatable bonds is 9. The van der Waals surface area contributed by atoms with Crippen LogP contribution in [0.3, 0.4) is 0 Å². The predicted molar refractivity (Wildman–Crippen MR) is 98.9 cm³/mol. The van der Waals surface area contributed by atoms with Crippen molar-refractivity contribution in [3.05, 3.63) is 26.6 Å². The lowest BCUT2D eigenvalue weighted by Gasteiger charge is -2.14. The molecule has 0 radical (unpaired) electrons. The molecule has 1 N–H and O–H groups in total. The lowest BCUT2D eigenvalue weighted by molar-refractivity contribution is 0.311. The molecule has 9 heteroatoms. The number of halogens is 2. The molecule has 2 rings (SSSR count). The number of tetrazole rings is 1. The molecule has 23 heavy (non-hydrogen) atoms. The van der Waals surface area contributed by atoms with E-state index in [1.165, 1.54) is 0 Å². The summed E-state index contributed by atoms with van der Waals surface area (Å²) in [4.78, 5) is 0. The smallest absolute Gasteiger partial charge is 0.209 e. The van der Waals surface area contributed by atoms with Crippen molar-refractivity contribution in [2.24, 2.45) is 7.05 Å². The molecule has 0 aliphatic rings. The number of hydrogen-bond acceptors (Lipinski definition) is 6. The summed E-state index contributed by atoms with van der Waals surface area (Å²) in [7, 11) is 1.84. The van der Waals surface area contributed by atoms with E-state index in [4.69, 9.17) is 4.74 Å². The Kier molecular flexibility index (Phi) is 7.81. The minimum atomic E-state index is 0.711. The Bertz CT molecular complexity index is 638. The molecule has 6 nitrogen and oxygen atoms in total. The molecule has 0 saturated carbocycles. The molecule has 0 fully saturated rings. The van der Waals surface area contributed by atoms with E-state index >= 15 is 0 Å². The Morgan fingerprint density at radius 1 is 1.35 bits per heavy atom. The average Bonchev–Trinajstić information content (AvgIpc) is 2.91. The van der Waals surface area contributed by atoms with Gasteiger partial charge in [0.1, 0.15) is 5.75 Å². The zero-order valence-electron chi connectivity index (χ0n) is 13.1. The van der Waals surface area contributed by atoms with Crippen molar-refractivity contribution in [1.82, 2.24) is 25.5 Å². The van der Waals surface area contributed by atoms with Crippen LogP contribution in [0.1, 0.15) is 18.9 Å². The first kappa shape index (κ1) is 18.7. The van der Waals surface area contributed by atoms with Crippen LogP contribution < -0.4 is 10.1 Å². The van der Waals surface area contributed by atoms with Crippen LogP contribution in [0, 0.1) is 0 Å². The van der Waals surface area contributed by atoms with Crippen LogP contribution in [0.25, 0.3) is 0 Å². The number of nitrogens with one attached hydrogen (secondary N) is 1. The van der Waals surface area contributed by atoms with Crippen LogP contribution in [0.2, 0.25) is 0 Å². The first-order chi connectivity index (χ1) is 11.1. The molecule has 0 bridgehead atoms. The largest absolute Gasteiger partial charge is 0.492 e. The average molecular weight is 465 g/mol. The molecule has 1 aromatic heterocycles. The van der Waals surface area contributed by atoms with Gasteiger partial charge in [0.05, 0.1) is 11.1 Å². The molecule has 0 aliphatic heterocycles. The standard InChI is InChI=1S/C14H19Br2N5OS/c1-3-5-22-13-10(7-11(15)8-12(13)16)9-17-4-6-23-14-18-19-20-21(14)2/h7-8,17H,3-6,9H2,1-2H3. The van der Waals surface area contributed by atoms with Crippen molar-refractivity contribution in [3.8, 4) is 5.75 Å². The van der Waals surface area contributed by atoms with E-state index in [2.05, 4.69) is 65.7 Å². The van der Waals surface area contributed by atoms with Gasteiger partial charge in [-0.15, -0.1) is 5.10 Å². The second kappa shape index (κ2) is 9.61. The summed E-state index contributed by atoms with van der Waals surface area (Å²) in [5, 5.41) is 15.6. The Hall–Kier alpha value is -0.640. The number of hydrogen-bond donors (Lipinski definition) is 1. The molecule has 0 saturated heterocycles. The summed E-state index contributed by atoms with van der Waals surface area (Å²) >= 11 is 8.73. The third-order valence-corrected chi connectivity index (χ3v) is 5.00. The molecule has 1 heterocycles. The Morgan fingerprint density at radius 3 is 2.87 bits per heavy atom.